The van der Waals surface area contributed by atoms with Gasteiger partial charge in [-0.1, -0.05) is 37.9 Å². The number of thioether (sulfide) groups is 1. The predicted octanol–water partition coefficient (Wildman–Crippen LogP) is 4.60. The Bertz CT molecular complexity index is 777. The van der Waals surface area contributed by atoms with Gasteiger partial charge in [-0.25, -0.2) is 4.79 Å². The average molecular weight is 493 g/mol. The first-order valence-corrected chi connectivity index (χ1v) is 10.8. The van der Waals surface area contributed by atoms with Crippen molar-refractivity contribution >= 4 is 61.1 Å². The van der Waals surface area contributed by atoms with Crippen LogP contribution >= 0.6 is 43.6 Å². The Kier molecular flexibility index (Phi) is 7.39. The number of alkyl halides is 2. The van der Waals surface area contributed by atoms with Gasteiger partial charge in [0.15, 0.2) is 0 Å². The Balaban J connectivity index is 2.63. The van der Waals surface area contributed by atoms with E-state index in [1.807, 2.05) is 35.1 Å². The zero-order chi connectivity index (χ0) is 18.6. The first kappa shape index (κ1) is 20.3. The van der Waals surface area contributed by atoms with E-state index in [4.69, 9.17) is 9.47 Å². The van der Waals surface area contributed by atoms with E-state index in [9.17, 15) is 9.59 Å². The number of hydrogen-bond acceptors (Lipinski definition) is 5. The molecule has 0 fully saturated rings. The topological polar surface area (TPSA) is 57.0 Å². The summed E-state index contributed by atoms with van der Waals surface area (Å²) < 4.78 is 12.2. The maximum Gasteiger partial charge on any atom is 0.341 e. The third kappa shape index (κ3) is 4.06. The van der Waals surface area contributed by atoms with E-state index in [1.165, 1.54) is 11.8 Å². The summed E-state index contributed by atoms with van der Waals surface area (Å²) in [5.41, 5.74) is 2.06. The minimum Gasteiger partial charge on any atom is -0.465 e. The number of esters is 2. The van der Waals surface area contributed by atoms with Crippen molar-refractivity contribution in [3.8, 4) is 0 Å². The lowest BCUT2D eigenvalue weighted by Gasteiger charge is -2.17. The molecule has 2 unspecified atom stereocenters. The summed E-state index contributed by atoms with van der Waals surface area (Å²) >= 11 is 8.46. The molecule has 2 rings (SSSR count). The van der Waals surface area contributed by atoms with Gasteiger partial charge in [0.1, 0.15) is 4.83 Å². The first-order valence-electron chi connectivity index (χ1n) is 7.76. The second kappa shape index (κ2) is 9.09. The second-order valence-corrected chi connectivity index (χ2v) is 7.81. The molecular weight excluding hydrogens is 474 g/mol. The molecule has 2 heterocycles. The number of ether oxygens (including phenoxy) is 2. The van der Waals surface area contributed by atoms with Crippen molar-refractivity contribution in [1.29, 1.82) is 0 Å². The van der Waals surface area contributed by atoms with Gasteiger partial charge in [-0.2, -0.15) is 0 Å². The normalized spacial score (nSPS) is 13.5. The average Bonchev–Trinajstić information content (AvgIpc) is 2.95. The smallest absolute Gasteiger partial charge is 0.341 e. The number of halogens is 2. The SMILES string of the molecule is CCOC(=O)c1c(SC)c(C(Br)C(Br)C(=O)OCC)n2ccccc12. The van der Waals surface area contributed by atoms with E-state index in [0.29, 0.717) is 18.8 Å². The van der Waals surface area contributed by atoms with Crippen LogP contribution in [0.4, 0.5) is 0 Å². The first-order chi connectivity index (χ1) is 12.0. The Labute approximate surface area is 167 Å². The molecule has 25 heavy (non-hydrogen) atoms. The van der Waals surface area contributed by atoms with Gasteiger partial charge in [0.05, 0.1) is 34.8 Å². The second-order valence-electron chi connectivity index (χ2n) is 5.03. The zero-order valence-electron chi connectivity index (χ0n) is 14.1. The molecule has 0 aliphatic carbocycles. The summed E-state index contributed by atoms with van der Waals surface area (Å²) in [5.74, 6) is -0.733. The van der Waals surface area contributed by atoms with Gasteiger partial charge in [-0.05, 0) is 32.2 Å². The fourth-order valence-electron chi connectivity index (χ4n) is 2.56. The summed E-state index contributed by atoms with van der Waals surface area (Å²) in [6.45, 7) is 4.14. The summed E-state index contributed by atoms with van der Waals surface area (Å²) in [4.78, 5) is 24.4. The van der Waals surface area contributed by atoms with Crippen LogP contribution in [0, 0.1) is 0 Å². The Morgan fingerprint density at radius 3 is 2.48 bits per heavy atom. The van der Waals surface area contributed by atoms with Crippen molar-refractivity contribution < 1.29 is 19.1 Å². The minimum atomic E-state index is -0.591. The zero-order valence-corrected chi connectivity index (χ0v) is 18.1. The third-order valence-electron chi connectivity index (χ3n) is 3.55. The van der Waals surface area contributed by atoms with Crippen molar-refractivity contribution in [2.45, 2.75) is 28.4 Å². The molecule has 0 spiro atoms. The number of pyridine rings is 1. The van der Waals surface area contributed by atoms with Crippen LogP contribution in [-0.2, 0) is 14.3 Å². The van der Waals surface area contributed by atoms with Gasteiger partial charge in [-0.15, -0.1) is 11.8 Å². The van der Waals surface area contributed by atoms with Crippen LogP contribution in [0.3, 0.4) is 0 Å². The molecule has 0 amide bonds. The van der Waals surface area contributed by atoms with Crippen LogP contribution in [0.5, 0.6) is 0 Å². The molecule has 0 aliphatic heterocycles. The summed E-state index contributed by atoms with van der Waals surface area (Å²) in [6.07, 6.45) is 3.76. The molecule has 0 bridgehead atoms. The quantitative estimate of drug-likeness (QED) is 0.321. The fraction of sp³-hybridized carbons (Fsp3) is 0.412. The van der Waals surface area contributed by atoms with Crippen molar-refractivity contribution in [2.24, 2.45) is 0 Å². The van der Waals surface area contributed by atoms with Crippen LogP contribution in [0.15, 0.2) is 29.3 Å². The lowest BCUT2D eigenvalue weighted by molar-refractivity contribution is -0.142. The van der Waals surface area contributed by atoms with E-state index in [0.717, 1.165) is 16.1 Å². The van der Waals surface area contributed by atoms with Gasteiger partial charge in [0, 0.05) is 11.1 Å². The molecule has 0 saturated heterocycles. The van der Waals surface area contributed by atoms with E-state index < -0.39 is 4.83 Å². The predicted molar refractivity (Wildman–Crippen MR) is 106 cm³/mol. The number of carbonyl (C=O) groups is 2. The molecule has 0 aliphatic rings. The molecule has 136 valence electrons. The molecule has 5 nitrogen and oxygen atoms in total. The van der Waals surface area contributed by atoms with Gasteiger partial charge >= 0.3 is 11.9 Å². The molecule has 8 heteroatoms. The molecule has 2 aromatic rings. The van der Waals surface area contributed by atoms with Crippen molar-refractivity contribution in [3.63, 3.8) is 0 Å². The van der Waals surface area contributed by atoms with E-state index >= 15 is 0 Å². The van der Waals surface area contributed by atoms with Gasteiger partial charge in [-0.3, -0.25) is 4.79 Å². The minimum absolute atomic E-state index is 0.299. The highest BCUT2D eigenvalue weighted by molar-refractivity contribution is 9.12. The van der Waals surface area contributed by atoms with Crippen molar-refractivity contribution in [1.82, 2.24) is 4.40 Å². The highest BCUT2D eigenvalue weighted by Gasteiger charge is 2.33. The number of rotatable bonds is 7. The van der Waals surface area contributed by atoms with Gasteiger partial charge in [0.2, 0.25) is 0 Å². The van der Waals surface area contributed by atoms with Crippen LogP contribution in [0.25, 0.3) is 5.52 Å². The van der Waals surface area contributed by atoms with Crippen LogP contribution in [0.1, 0.15) is 34.7 Å². The Morgan fingerprint density at radius 2 is 1.88 bits per heavy atom. The van der Waals surface area contributed by atoms with E-state index in [1.54, 1.807) is 13.8 Å². The third-order valence-corrected chi connectivity index (χ3v) is 6.94. The number of fused-ring (bicyclic) bond motifs is 1. The highest BCUT2D eigenvalue weighted by atomic mass is 79.9. The van der Waals surface area contributed by atoms with Crippen molar-refractivity contribution in [2.75, 3.05) is 19.5 Å². The van der Waals surface area contributed by atoms with Crippen LogP contribution in [0.2, 0.25) is 0 Å². The summed E-state index contributed by atoms with van der Waals surface area (Å²) in [7, 11) is 0. The molecule has 2 aromatic heterocycles. The van der Waals surface area contributed by atoms with E-state index in [-0.39, 0.29) is 16.8 Å². The summed E-state index contributed by atoms with van der Waals surface area (Å²) in [5, 5.41) is 0. The monoisotopic (exact) mass is 491 g/mol. The fourth-order valence-corrected chi connectivity index (χ4v) is 4.58. The molecule has 2 atom stereocenters. The number of hydrogen-bond donors (Lipinski definition) is 0. The number of aromatic nitrogens is 1. The van der Waals surface area contributed by atoms with Gasteiger partial charge < -0.3 is 13.9 Å². The number of carbonyl (C=O) groups excluding carboxylic acids is 2. The number of nitrogens with zero attached hydrogens (tertiary/aromatic N) is 1. The van der Waals surface area contributed by atoms with Crippen molar-refractivity contribution in [3.05, 3.63) is 35.7 Å². The molecule has 0 aromatic carbocycles. The molecule has 0 saturated carbocycles. The lowest BCUT2D eigenvalue weighted by Crippen LogP contribution is -2.22. The lowest BCUT2D eigenvalue weighted by atomic mass is 10.2. The molecular formula is C17H19Br2NO4S. The molecule has 0 N–H and O–H groups in total. The largest absolute Gasteiger partial charge is 0.465 e. The Morgan fingerprint density at radius 1 is 1.20 bits per heavy atom. The summed E-state index contributed by atoms with van der Waals surface area (Å²) in [6, 6.07) is 5.61. The maximum atomic E-state index is 12.5. The van der Waals surface area contributed by atoms with E-state index in [2.05, 4.69) is 31.9 Å². The standard InChI is InChI=1S/C17H19Br2NO4S/c1-4-23-16(21)11-10-8-6-7-9-20(10)14(15(11)25-3)12(18)13(19)17(22)24-5-2/h6-9,12-13H,4-5H2,1-3H3. The van der Waals surface area contributed by atoms with Crippen LogP contribution in [-0.4, -0.2) is 40.6 Å². The molecule has 0 radical (unpaired) electrons. The van der Waals surface area contributed by atoms with Gasteiger partial charge in [0.25, 0.3) is 0 Å². The highest BCUT2D eigenvalue weighted by Crippen LogP contribution is 2.42. The maximum absolute atomic E-state index is 12.5. The van der Waals surface area contributed by atoms with Crippen LogP contribution < -0.4 is 0 Å². The Hall–Kier alpha value is -0.990.